The van der Waals surface area contributed by atoms with E-state index in [-0.39, 0.29) is 0 Å². The molecule has 3 nitrogen and oxygen atoms in total. The molecule has 0 atom stereocenters. The summed E-state index contributed by atoms with van der Waals surface area (Å²) in [4.78, 5) is 4.34. The van der Waals surface area contributed by atoms with Gasteiger partial charge in [-0.3, -0.25) is 4.98 Å². The van der Waals surface area contributed by atoms with Crippen molar-refractivity contribution in [1.29, 1.82) is 0 Å². The molecule has 0 unspecified atom stereocenters. The summed E-state index contributed by atoms with van der Waals surface area (Å²) in [5.74, 6) is 1.71. The van der Waals surface area contributed by atoms with Crippen molar-refractivity contribution in [1.82, 2.24) is 10.3 Å². The average molecular weight is 270 g/mol. The monoisotopic (exact) mass is 270 g/mol. The highest BCUT2D eigenvalue weighted by Crippen LogP contribution is 2.22. The van der Waals surface area contributed by atoms with E-state index in [9.17, 15) is 0 Å². The Balaban J connectivity index is 2.03. The van der Waals surface area contributed by atoms with E-state index in [1.54, 1.807) is 6.20 Å². The van der Waals surface area contributed by atoms with E-state index in [4.69, 9.17) is 4.74 Å². The lowest BCUT2D eigenvalue weighted by molar-refractivity contribution is 0.479. The molecule has 1 N–H and O–H groups in total. The maximum absolute atomic E-state index is 5.90. The van der Waals surface area contributed by atoms with Gasteiger partial charge in [0.25, 0.3) is 0 Å². The first-order valence-corrected chi connectivity index (χ1v) is 7.24. The molecule has 0 saturated carbocycles. The van der Waals surface area contributed by atoms with E-state index < -0.39 is 0 Å². The topological polar surface area (TPSA) is 34.1 Å². The van der Waals surface area contributed by atoms with Crippen molar-refractivity contribution in [3.8, 4) is 11.5 Å². The fourth-order valence-electron chi connectivity index (χ4n) is 1.97. The van der Waals surface area contributed by atoms with Gasteiger partial charge in [-0.05, 0) is 43.1 Å². The first-order valence-electron chi connectivity index (χ1n) is 7.24. The number of rotatable bonds is 7. The molecule has 2 rings (SSSR count). The minimum Gasteiger partial charge on any atom is -0.457 e. The highest BCUT2D eigenvalue weighted by Gasteiger charge is 2.01. The van der Waals surface area contributed by atoms with Crippen molar-refractivity contribution in [2.24, 2.45) is 0 Å². The Labute approximate surface area is 121 Å². The summed E-state index contributed by atoms with van der Waals surface area (Å²) in [6.07, 6.45) is 3.93. The van der Waals surface area contributed by atoms with Gasteiger partial charge in [0.05, 0.1) is 5.69 Å². The molecule has 0 radical (unpaired) electrons. The van der Waals surface area contributed by atoms with Crippen LogP contribution in [-0.4, -0.2) is 11.5 Å². The van der Waals surface area contributed by atoms with Crippen LogP contribution in [0.4, 0.5) is 0 Å². The predicted octanol–water partition coefficient (Wildman–Crippen LogP) is 3.94. The molecule has 3 heteroatoms. The number of pyridine rings is 1. The molecule has 0 aliphatic rings. The Morgan fingerprint density at radius 2 is 1.95 bits per heavy atom. The number of benzene rings is 1. The number of aromatic nitrogens is 1. The number of hydrogen-bond donors (Lipinski definition) is 1. The van der Waals surface area contributed by atoms with Crippen LogP contribution >= 0.6 is 0 Å². The second-order valence-corrected chi connectivity index (χ2v) is 4.76. The Bertz CT molecular complexity index is 540. The number of nitrogens with one attached hydrogen (secondary N) is 1. The smallest absolute Gasteiger partial charge is 0.130 e. The number of aryl methyl sites for hydroxylation is 1. The summed E-state index contributed by atoms with van der Waals surface area (Å²) in [7, 11) is 0. The summed E-state index contributed by atoms with van der Waals surface area (Å²) >= 11 is 0. The molecule has 0 aliphatic carbocycles. The van der Waals surface area contributed by atoms with Gasteiger partial charge < -0.3 is 10.1 Å². The van der Waals surface area contributed by atoms with Gasteiger partial charge in [-0.15, -0.1) is 0 Å². The highest BCUT2D eigenvalue weighted by atomic mass is 16.5. The third kappa shape index (κ3) is 4.35. The lowest BCUT2D eigenvalue weighted by Gasteiger charge is -2.08. The van der Waals surface area contributed by atoms with Crippen molar-refractivity contribution in [3.05, 3.63) is 53.9 Å². The Kier molecular flexibility index (Phi) is 5.56. The van der Waals surface area contributed by atoms with E-state index in [1.807, 2.05) is 24.3 Å². The lowest BCUT2D eigenvalue weighted by atomic mass is 10.2. The first kappa shape index (κ1) is 14.5. The second-order valence-electron chi connectivity index (χ2n) is 4.76. The minimum atomic E-state index is 0.778. The van der Waals surface area contributed by atoms with Crippen molar-refractivity contribution >= 4 is 0 Å². The van der Waals surface area contributed by atoms with Gasteiger partial charge in [0.1, 0.15) is 11.5 Å². The van der Waals surface area contributed by atoms with E-state index in [1.165, 1.54) is 5.56 Å². The van der Waals surface area contributed by atoms with Gasteiger partial charge in [-0.1, -0.05) is 26.0 Å². The van der Waals surface area contributed by atoms with Crippen LogP contribution < -0.4 is 10.1 Å². The van der Waals surface area contributed by atoms with Crippen LogP contribution in [0.1, 0.15) is 31.5 Å². The number of nitrogens with zero attached hydrogens (tertiary/aromatic N) is 1. The molecule has 20 heavy (non-hydrogen) atoms. The fourth-order valence-corrected chi connectivity index (χ4v) is 1.97. The van der Waals surface area contributed by atoms with Crippen molar-refractivity contribution in [2.45, 2.75) is 33.2 Å². The van der Waals surface area contributed by atoms with E-state index >= 15 is 0 Å². The summed E-state index contributed by atoms with van der Waals surface area (Å²) in [6, 6.07) is 12.1. The van der Waals surface area contributed by atoms with Gasteiger partial charge in [0, 0.05) is 18.8 Å². The number of ether oxygens (including phenoxy) is 1. The van der Waals surface area contributed by atoms with E-state index in [0.717, 1.165) is 43.1 Å². The van der Waals surface area contributed by atoms with Gasteiger partial charge in [-0.25, -0.2) is 0 Å². The van der Waals surface area contributed by atoms with Gasteiger partial charge in [0.15, 0.2) is 0 Å². The van der Waals surface area contributed by atoms with Crippen LogP contribution in [0.3, 0.4) is 0 Å². The predicted molar refractivity (Wildman–Crippen MR) is 82.1 cm³/mol. The SMILES string of the molecule is CCCNCc1cc(Oc2cccc(CC)c2)ccn1. The Morgan fingerprint density at radius 1 is 1.10 bits per heavy atom. The standard InChI is InChI=1S/C17H22N2O/c1-3-9-18-13-15-12-17(8-10-19-15)20-16-7-5-6-14(4-2)11-16/h5-8,10-12,18H,3-4,9,13H2,1-2H3. The minimum absolute atomic E-state index is 0.778. The zero-order valence-corrected chi connectivity index (χ0v) is 12.2. The maximum atomic E-state index is 5.90. The zero-order chi connectivity index (χ0) is 14.2. The summed E-state index contributed by atoms with van der Waals surface area (Å²) in [6.45, 7) is 6.08. The largest absolute Gasteiger partial charge is 0.457 e. The quantitative estimate of drug-likeness (QED) is 0.774. The third-order valence-corrected chi connectivity index (χ3v) is 3.06. The third-order valence-electron chi connectivity index (χ3n) is 3.06. The first-order chi connectivity index (χ1) is 9.81. The van der Waals surface area contributed by atoms with Gasteiger partial charge in [-0.2, -0.15) is 0 Å². The Morgan fingerprint density at radius 3 is 2.75 bits per heavy atom. The molecule has 1 aromatic heterocycles. The molecule has 1 heterocycles. The molecule has 0 fully saturated rings. The molecule has 106 valence electrons. The second kappa shape index (κ2) is 7.65. The lowest BCUT2D eigenvalue weighted by Crippen LogP contribution is -2.14. The zero-order valence-electron chi connectivity index (χ0n) is 12.2. The van der Waals surface area contributed by atoms with Crippen molar-refractivity contribution in [3.63, 3.8) is 0 Å². The van der Waals surface area contributed by atoms with Crippen LogP contribution in [0.25, 0.3) is 0 Å². The molecule has 0 spiro atoms. The summed E-state index contributed by atoms with van der Waals surface area (Å²) < 4.78 is 5.90. The van der Waals surface area contributed by atoms with Crippen LogP contribution in [0, 0.1) is 0 Å². The van der Waals surface area contributed by atoms with Gasteiger partial charge in [0.2, 0.25) is 0 Å². The van der Waals surface area contributed by atoms with Crippen LogP contribution in [0.5, 0.6) is 11.5 Å². The molecule has 2 aromatic rings. The molecule has 1 aromatic carbocycles. The van der Waals surface area contributed by atoms with E-state index in [0.29, 0.717) is 0 Å². The van der Waals surface area contributed by atoms with Crippen molar-refractivity contribution in [2.75, 3.05) is 6.54 Å². The van der Waals surface area contributed by atoms with Crippen LogP contribution in [-0.2, 0) is 13.0 Å². The fraction of sp³-hybridized carbons (Fsp3) is 0.353. The van der Waals surface area contributed by atoms with Crippen molar-refractivity contribution < 1.29 is 4.74 Å². The molecule has 0 saturated heterocycles. The number of hydrogen-bond acceptors (Lipinski definition) is 3. The normalized spacial score (nSPS) is 10.5. The summed E-state index contributed by atoms with van der Waals surface area (Å²) in [5.41, 5.74) is 2.28. The van der Waals surface area contributed by atoms with Crippen LogP contribution in [0.2, 0.25) is 0 Å². The molecule has 0 bridgehead atoms. The average Bonchev–Trinajstić information content (AvgIpc) is 2.48. The molecule has 0 aliphatic heterocycles. The molecule has 0 amide bonds. The maximum Gasteiger partial charge on any atom is 0.130 e. The molecular weight excluding hydrogens is 248 g/mol. The molecular formula is C17H22N2O. The summed E-state index contributed by atoms with van der Waals surface area (Å²) in [5, 5.41) is 3.34. The van der Waals surface area contributed by atoms with Crippen LogP contribution in [0.15, 0.2) is 42.6 Å². The van der Waals surface area contributed by atoms with Gasteiger partial charge >= 0.3 is 0 Å². The highest BCUT2D eigenvalue weighted by molar-refractivity contribution is 5.34. The Hall–Kier alpha value is -1.87. The van der Waals surface area contributed by atoms with E-state index in [2.05, 4.69) is 36.3 Å².